The number of hydrogen-bond donors (Lipinski definition) is 1. The van der Waals surface area contributed by atoms with Gasteiger partial charge in [0.2, 0.25) is 0 Å². The fourth-order valence-corrected chi connectivity index (χ4v) is 3.52. The maximum Gasteiger partial charge on any atom is 0.000480 e. The van der Waals surface area contributed by atoms with Crippen LogP contribution in [0.3, 0.4) is 0 Å². The Morgan fingerprint density at radius 2 is 1.75 bits per heavy atom. The van der Waals surface area contributed by atoms with Crippen LogP contribution in [0.25, 0.3) is 0 Å². The molecule has 0 aliphatic heterocycles. The van der Waals surface area contributed by atoms with Gasteiger partial charge in [0.25, 0.3) is 0 Å². The van der Waals surface area contributed by atoms with Gasteiger partial charge in [-0.15, -0.1) is 0 Å². The van der Waals surface area contributed by atoms with Crippen molar-refractivity contribution >= 4 is 0 Å². The predicted molar refractivity (Wildman–Crippen MR) is 72.7 cm³/mol. The maximum absolute atomic E-state index is 3.42. The Labute approximate surface area is 102 Å². The van der Waals surface area contributed by atoms with E-state index in [1.54, 1.807) is 0 Å². The summed E-state index contributed by atoms with van der Waals surface area (Å²) in [7, 11) is 2.10. The summed E-state index contributed by atoms with van der Waals surface area (Å²) < 4.78 is 0. The van der Waals surface area contributed by atoms with Crippen molar-refractivity contribution in [3.8, 4) is 0 Å². The van der Waals surface area contributed by atoms with E-state index in [2.05, 4.69) is 40.1 Å². The highest BCUT2D eigenvalue weighted by atomic mass is 14.8. The minimum Gasteiger partial charge on any atom is -0.319 e. The summed E-state index contributed by atoms with van der Waals surface area (Å²) >= 11 is 0. The standard InChI is InChI=1S/C15H31N/c1-6-9-15(12-16-5)10-7-13(8-11-15)14(2,3)4/h13,16H,6-12H2,1-5H3. The molecule has 1 aliphatic rings. The van der Waals surface area contributed by atoms with Crippen molar-refractivity contribution < 1.29 is 0 Å². The van der Waals surface area contributed by atoms with Crippen molar-refractivity contribution in [2.24, 2.45) is 16.7 Å². The van der Waals surface area contributed by atoms with Crippen LogP contribution in [0, 0.1) is 16.7 Å². The fraction of sp³-hybridized carbons (Fsp3) is 1.00. The van der Waals surface area contributed by atoms with Crippen molar-refractivity contribution in [1.29, 1.82) is 0 Å². The zero-order valence-corrected chi connectivity index (χ0v) is 12.0. The molecule has 0 atom stereocenters. The highest BCUT2D eigenvalue weighted by Crippen LogP contribution is 2.47. The highest BCUT2D eigenvalue weighted by Gasteiger charge is 2.37. The molecule has 1 nitrogen and oxygen atoms in total. The van der Waals surface area contributed by atoms with Crippen LogP contribution in [0.1, 0.15) is 66.2 Å². The summed E-state index contributed by atoms with van der Waals surface area (Å²) in [6, 6.07) is 0. The molecule has 1 fully saturated rings. The normalized spacial score (nSPS) is 31.7. The molecule has 0 saturated heterocycles. The largest absolute Gasteiger partial charge is 0.319 e. The van der Waals surface area contributed by atoms with Crippen LogP contribution >= 0.6 is 0 Å². The molecule has 16 heavy (non-hydrogen) atoms. The molecule has 96 valence electrons. The van der Waals surface area contributed by atoms with E-state index in [-0.39, 0.29) is 0 Å². The van der Waals surface area contributed by atoms with E-state index in [0.29, 0.717) is 10.8 Å². The lowest BCUT2D eigenvalue weighted by atomic mass is 9.62. The van der Waals surface area contributed by atoms with E-state index in [1.807, 2.05) is 0 Å². The first-order valence-electron chi connectivity index (χ1n) is 7.08. The number of nitrogens with one attached hydrogen (secondary N) is 1. The average Bonchev–Trinajstić information content (AvgIpc) is 2.17. The second-order valence-corrected chi connectivity index (χ2v) is 6.92. The van der Waals surface area contributed by atoms with Gasteiger partial charge in [-0.05, 0) is 55.9 Å². The quantitative estimate of drug-likeness (QED) is 0.755. The molecule has 0 radical (unpaired) electrons. The number of rotatable bonds is 4. The molecule has 0 amide bonds. The molecular weight excluding hydrogens is 194 g/mol. The molecule has 1 rings (SSSR count). The molecule has 1 aliphatic carbocycles. The Morgan fingerprint density at radius 1 is 1.19 bits per heavy atom. The van der Waals surface area contributed by atoms with E-state index < -0.39 is 0 Å². The first kappa shape index (κ1) is 14.0. The van der Waals surface area contributed by atoms with Crippen molar-refractivity contribution in [3.63, 3.8) is 0 Å². The van der Waals surface area contributed by atoms with E-state index in [4.69, 9.17) is 0 Å². The Kier molecular flexibility index (Phi) is 4.85. The third kappa shape index (κ3) is 3.48. The molecule has 1 saturated carbocycles. The summed E-state index contributed by atoms with van der Waals surface area (Å²) in [6.45, 7) is 10.8. The lowest BCUT2D eigenvalue weighted by molar-refractivity contribution is 0.0806. The summed E-state index contributed by atoms with van der Waals surface area (Å²) in [5.74, 6) is 0.939. The topological polar surface area (TPSA) is 12.0 Å². The molecule has 0 aromatic heterocycles. The van der Waals surface area contributed by atoms with Gasteiger partial charge in [0.1, 0.15) is 0 Å². The summed E-state index contributed by atoms with van der Waals surface area (Å²) in [4.78, 5) is 0. The van der Waals surface area contributed by atoms with Crippen molar-refractivity contribution in [1.82, 2.24) is 5.32 Å². The molecule has 1 N–H and O–H groups in total. The fourth-order valence-electron chi connectivity index (χ4n) is 3.52. The minimum absolute atomic E-state index is 0.512. The van der Waals surface area contributed by atoms with Crippen LogP contribution in [0.4, 0.5) is 0 Å². The van der Waals surface area contributed by atoms with Gasteiger partial charge in [-0.25, -0.2) is 0 Å². The molecule has 0 unspecified atom stereocenters. The third-order valence-corrected chi connectivity index (χ3v) is 4.60. The first-order chi connectivity index (χ1) is 7.43. The monoisotopic (exact) mass is 225 g/mol. The van der Waals surface area contributed by atoms with Crippen LogP contribution in [-0.4, -0.2) is 13.6 Å². The van der Waals surface area contributed by atoms with E-state index in [0.717, 1.165) is 5.92 Å². The summed E-state index contributed by atoms with van der Waals surface area (Å²) in [5, 5.41) is 3.42. The SMILES string of the molecule is CCCC1(CNC)CCC(C(C)(C)C)CC1. The Hall–Kier alpha value is -0.0400. The van der Waals surface area contributed by atoms with Gasteiger partial charge in [0, 0.05) is 6.54 Å². The Balaban J connectivity index is 2.55. The highest BCUT2D eigenvalue weighted by molar-refractivity contribution is 4.89. The van der Waals surface area contributed by atoms with Crippen LogP contribution in [0.5, 0.6) is 0 Å². The van der Waals surface area contributed by atoms with Crippen LogP contribution in [-0.2, 0) is 0 Å². The lowest BCUT2D eigenvalue weighted by Gasteiger charge is -2.44. The molecule has 0 aromatic carbocycles. The molecule has 0 spiro atoms. The van der Waals surface area contributed by atoms with Gasteiger partial charge in [-0.2, -0.15) is 0 Å². The van der Waals surface area contributed by atoms with Crippen molar-refractivity contribution in [3.05, 3.63) is 0 Å². The molecule has 1 heteroatoms. The van der Waals surface area contributed by atoms with Crippen molar-refractivity contribution in [2.45, 2.75) is 66.2 Å². The zero-order valence-electron chi connectivity index (χ0n) is 12.0. The zero-order chi connectivity index (χ0) is 12.2. The molecule has 0 heterocycles. The first-order valence-corrected chi connectivity index (χ1v) is 7.08. The average molecular weight is 225 g/mol. The minimum atomic E-state index is 0.512. The second kappa shape index (κ2) is 5.53. The van der Waals surface area contributed by atoms with E-state index in [1.165, 1.54) is 45.1 Å². The van der Waals surface area contributed by atoms with Gasteiger partial charge < -0.3 is 5.32 Å². The summed E-state index contributed by atoms with van der Waals surface area (Å²) in [5.41, 5.74) is 1.13. The number of hydrogen-bond acceptors (Lipinski definition) is 1. The van der Waals surface area contributed by atoms with Crippen LogP contribution < -0.4 is 5.32 Å². The van der Waals surface area contributed by atoms with Gasteiger partial charge in [0.05, 0.1) is 0 Å². The summed E-state index contributed by atoms with van der Waals surface area (Å²) in [6.07, 6.45) is 8.48. The smallest absolute Gasteiger partial charge is 0.000480 e. The Bertz CT molecular complexity index is 186. The molecule has 0 aromatic rings. The third-order valence-electron chi connectivity index (χ3n) is 4.60. The predicted octanol–water partition coefficient (Wildman–Crippen LogP) is 4.23. The van der Waals surface area contributed by atoms with Crippen LogP contribution in [0.15, 0.2) is 0 Å². The van der Waals surface area contributed by atoms with Gasteiger partial charge >= 0.3 is 0 Å². The second-order valence-electron chi connectivity index (χ2n) is 6.92. The van der Waals surface area contributed by atoms with Gasteiger partial charge in [-0.3, -0.25) is 0 Å². The Morgan fingerprint density at radius 3 is 2.12 bits per heavy atom. The molecular formula is C15H31N. The van der Waals surface area contributed by atoms with Crippen molar-refractivity contribution in [2.75, 3.05) is 13.6 Å². The van der Waals surface area contributed by atoms with Gasteiger partial charge in [0.15, 0.2) is 0 Å². The lowest BCUT2D eigenvalue weighted by Crippen LogP contribution is -2.38. The van der Waals surface area contributed by atoms with Crippen LogP contribution in [0.2, 0.25) is 0 Å². The maximum atomic E-state index is 3.42. The molecule has 0 bridgehead atoms. The van der Waals surface area contributed by atoms with E-state index in [9.17, 15) is 0 Å². The van der Waals surface area contributed by atoms with E-state index >= 15 is 0 Å². The van der Waals surface area contributed by atoms with Gasteiger partial charge in [-0.1, -0.05) is 34.1 Å².